The zero-order valence-corrected chi connectivity index (χ0v) is 9.97. The van der Waals surface area contributed by atoms with Crippen LogP contribution < -0.4 is 0 Å². The molecule has 0 aliphatic heterocycles. The molecule has 0 aliphatic carbocycles. The van der Waals surface area contributed by atoms with Crippen molar-refractivity contribution in [2.75, 3.05) is 0 Å². The molecule has 2 nitrogen and oxygen atoms in total. The van der Waals surface area contributed by atoms with Crippen LogP contribution in [0.15, 0.2) is 54.6 Å². The summed E-state index contributed by atoms with van der Waals surface area (Å²) >= 11 is 0. The third-order valence-corrected chi connectivity index (χ3v) is 1.53. The maximum Gasteiger partial charge on any atom is 2.00 e. The average molecular weight is 260 g/mol. The Balaban J connectivity index is 0.000000405. The quantitative estimate of drug-likeness (QED) is 0.471. The summed E-state index contributed by atoms with van der Waals surface area (Å²) < 4.78 is 19.2. The fourth-order valence-corrected chi connectivity index (χ4v) is 0.894. The first-order chi connectivity index (χ1) is 8.02. The minimum atomic E-state index is -2.00. The smallest absolute Gasteiger partial charge is 0.474 e. The topological polar surface area (TPSA) is 26.3 Å². The number of carbonyl (C=O) groups is 1. The van der Waals surface area contributed by atoms with Gasteiger partial charge in [-0.2, -0.15) is 30.3 Å². The molecule has 0 radical (unpaired) electrons. The van der Waals surface area contributed by atoms with Gasteiger partial charge in [-0.25, -0.2) is 24.3 Å². The Bertz CT molecular complexity index is 405. The number of rotatable bonds is 2. The third-order valence-electron chi connectivity index (χ3n) is 1.53. The van der Waals surface area contributed by atoms with Crippen molar-refractivity contribution in [3.8, 4) is 0 Å². The van der Waals surface area contributed by atoms with Crippen LogP contribution in [0.4, 0.5) is 0 Å². The number of esters is 1. The molecule has 86 valence electrons. The SMILES string of the molecule is [2H]C([2H])(OC(C)=O)[c-]1cccc1.[Fe+2].c1cc[cH-]c1. The zero-order valence-electron chi connectivity index (χ0n) is 10.9. The summed E-state index contributed by atoms with van der Waals surface area (Å²) in [6.45, 7) is -0.823. The molecular weight excluding hydrogens is 244 g/mol. The monoisotopic (exact) mass is 260 g/mol. The van der Waals surface area contributed by atoms with E-state index in [2.05, 4.69) is 4.74 Å². The van der Waals surface area contributed by atoms with Crippen LogP contribution in [0.25, 0.3) is 0 Å². The summed E-state index contributed by atoms with van der Waals surface area (Å²) in [5.41, 5.74) is 0.359. The van der Waals surface area contributed by atoms with Crippen molar-refractivity contribution in [2.24, 2.45) is 0 Å². The Morgan fingerprint density at radius 2 is 1.88 bits per heavy atom. The fourth-order valence-electron chi connectivity index (χ4n) is 0.894. The van der Waals surface area contributed by atoms with Crippen LogP contribution in [0.3, 0.4) is 0 Å². The summed E-state index contributed by atoms with van der Waals surface area (Å²) in [5.74, 6) is -0.624. The van der Waals surface area contributed by atoms with E-state index in [1.807, 2.05) is 30.3 Å². The molecule has 3 heteroatoms. The van der Waals surface area contributed by atoms with Crippen LogP contribution >= 0.6 is 0 Å². The van der Waals surface area contributed by atoms with Crippen molar-refractivity contribution in [3.63, 3.8) is 0 Å². The molecule has 2 rings (SSSR count). The molecule has 0 amide bonds. The first-order valence-corrected chi connectivity index (χ1v) is 4.61. The predicted molar refractivity (Wildman–Crippen MR) is 59.5 cm³/mol. The summed E-state index contributed by atoms with van der Waals surface area (Å²) in [7, 11) is 0. The molecule has 0 fully saturated rings. The van der Waals surface area contributed by atoms with E-state index in [9.17, 15) is 4.79 Å². The Hall–Kier alpha value is -1.31. The standard InChI is InChI=1S/C8H9O2.C5H5.Fe/c1-7(9)10-6-8-4-2-3-5-8;1-2-4-5-3-1;/h2-5H,6H2,1H3;1-5H;/q2*-1;+2/i6D2;;. The molecule has 16 heavy (non-hydrogen) atoms. The molecule has 0 spiro atoms. The van der Waals surface area contributed by atoms with Gasteiger partial charge in [0.2, 0.25) is 0 Å². The van der Waals surface area contributed by atoms with Crippen LogP contribution in [0.2, 0.25) is 0 Å². The minimum Gasteiger partial charge on any atom is -0.474 e. The molecular formula is C13H14FeO2. The molecule has 0 aliphatic rings. The van der Waals surface area contributed by atoms with Crippen molar-refractivity contribution >= 4 is 5.97 Å². The van der Waals surface area contributed by atoms with E-state index in [0.717, 1.165) is 0 Å². The van der Waals surface area contributed by atoms with E-state index >= 15 is 0 Å². The van der Waals surface area contributed by atoms with Gasteiger partial charge in [-0.05, 0) is 0 Å². The van der Waals surface area contributed by atoms with Gasteiger partial charge in [0, 0.05) is 6.92 Å². The van der Waals surface area contributed by atoms with Crippen LogP contribution in [0.5, 0.6) is 0 Å². The van der Waals surface area contributed by atoms with Gasteiger partial charge in [0.15, 0.2) is 0 Å². The normalized spacial score (nSPS) is 11.1. The Kier molecular flexibility index (Phi) is 6.26. The fraction of sp³-hybridized carbons (Fsp3) is 0.154. The number of ether oxygens (including phenoxy) is 1. The zero-order chi connectivity index (χ0) is 12.7. The molecule has 0 N–H and O–H groups in total. The predicted octanol–water partition coefficient (Wildman–Crippen LogP) is 2.87. The van der Waals surface area contributed by atoms with Crippen molar-refractivity contribution in [1.29, 1.82) is 0 Å². The first-order valence-electron chi connectivity index (χ1n) is 5.61. The van der Waals surface area contributed by atoms with Gasteiger partial charge in [0.1, 0.15) is 0 Å². The van der Waals surface area contributed by atoms with E-state index in [1.54, 1.807) is 24.3 Å². The van der Waals surface area contributed by atoms with Crippen molar-refractivity contribution < 1.29 is 29.3 Å². The average Bonchev–Trinajstić information content (AvgIpc) is 2.93. The molecule has 0 atom stereocenters. The summed E-state index contributed by atoms with van der Waals surface area (Å²) in [6, 6.07) is 16.5. The third kappa shape index (κ3) is 7.04. The first kappa shape index (κ1) is 11.2. The van der Waals surface area contributed by atoms with Gasteiger partial charge in [-0.15, -0.1) is 5.56 Å². The van der Waals surface area contributed by atoms with Gasteiger partial charge in [-0.1, -0.05) is 0 Å². The molecule has 0 unspecified atom stereocenters. The number of hydrogen-bond acceptors (Lipinski definition) is 2. The van der Waals surface area contributed by atoms with Crippen LogP contribution in [0, 0.1) is 0 Å². The van der Waals surface area contributed by atoms with E-state index in [0.29, 0.717) is 5.56 Å². The van der Waals surface area contributed by atoms with Crippen LogP contribution in [-0.2, 0) is 33.2 Å². The summed E-state index contributed by atoms with van der Waals surface area (Å²) in [6.07, 6.45) is 0. The second-order valence-electron chi connectivity index (χ2n) is 2.83. The van der Waals surface area contributed by atoms with Crippen LogP contribution in [-0.4, -0.2) is 5.97 Å². The van der Waals surface area contributed by atoms with Crippen molar-refractivity contribution in [1.82, 2.24) is 0 Å². The van der Waals surface area contributed by atoms with Crippen LogP contribution in [0.1, 0.15) is 15.2 Å². The van der Waals surface area contributed by atoms with Gasteiger partial charge in [0.25, 0.3) is 0 Å². The molecule has 0 bridgehead atoms. The van der Waals surface area contributed by atoms with E-state index in [-0.39, 0.29) is 17.1 Å². The molecule has 0 heterocycles. The molecule has 2 aromatic rings. The van der Waals surface area contributed by atoms with Gasteiger partial charge in [-0.3, -0.25) is 4.79 Å². The summed E-state index contributed by atoms with van der Waals surface area (Å²) in [5, 5.41) is 0. The minimum absolute atomic E-state index is 0. The maximum atomic E-state index is 10.5. The number of hydrogen-bond donors (Lipinski definition) is 0. The second-order valence-corrected chi connectivity index (χ2v) is 2.83. The number of carbonyl (C=O) groups excluding carboxylic acids is 1. The van der Waals surface area contributed by atoms with Gasteiger partial charge in [0.05, 0.1) is 9.30 Å². The van der Waals surface area contributed by atoms with Crippen molar-refractivity contribution in [2.45, 2.75) is 13.5 Å². The summed E-state index contributed by atoms with van der Waals surface area (Å²) in [4.78, 5) is 10.5. The Labute approximate surface area is 109 Å². The Morgan fingerprint density at radius 3 is 2.25 bits per heavy atom. The van der Waals surface area contributed by atoms with Gasteiger partial charge < -0.3 is 4.74 Å². The Morgan fingerprint density at radius 1 is 1.31 bits per heavy atom. The van der Waals surface area contributed by atoms with Crippen molar-refractivity contribution in [3.05, 3.63) is 60.2 Å². The molecule has 0 saturated carbocycles. The van der Waals surface area contributed by atoms with E-state index in [4.69, 9.17) is 2.74 Å². The maximum absolute atomic E-state index is 10.5. The molecule has 2 aromatic carbocycles. The molecule has 0 aromatic heterocycles. The molecule has 0 saturated heterocycles. The van der Waals surface area contributed by atoms with Gasteiger partial charge >= 0.3 is 23.0 Å². The largest absolute Gasteiger partial charge is 2.00 e. The van der Waals surface area contributed by atoms with E-state index in [1.165, 1.54) is 6.92 Å². The second kappa shape index (κ2) is 8.95. The van der Waals surface area contributed by atoms with E-state index < -0.39 is 12.5 Å².